The van der Waals surface area contributed by atoms with Crippen LogP contribution in [0.3, 0.4) is 0 Å². The molecule has 30 heavy (non-hydrogen) atoms. The molecule has 0 radical (unpaired) electrons. The molecule has 0 atom stereocenters. The number of hydrogen-bond donors (Lipinski definition) is 2. The molecule has 0 aliphatic heterocycles. The van der Waals surface area contributed by atoms with Gasteiger partial charge in [-0.05, 0) is 55.0 Å². The number of carbonyl (C=O) groups excluding carboxylic acids is 1. The maximum atomic E-state index is 13.0. The van der Waals surface area contributed by atoms with E-state index in [-0.39, 0.29) is 34.1 Å². The number of rotatable bonds is 7. The fourth-order valence-corrected chi connectivity index (χ4v) is 5.38. The Labute approximate surface area is 179 Å². The summed E-state index contributed by atoms with van der Waals surface area (Å²) in [7, 11) is -2.38. The molecule has 6 nitrogen and oxygen atoms in total. The highest BCUT2D eigenvalue weighted by molar-refractivity contribution is 7.89. The van der Waals surface area contributed by atoms with Crippen LogP contribution >= 0.6 is 0 Å². The number of anilines is 1. The van der Waals surface area contributed by atoms with Gasteiger partial charge in [0, 0.05) is 17.3 Å². The van der Waals surface area contributed by atoms with E-state index in [1.165, 1.54) is 19.2 Å². The lowest BCUT2D eigenvalue weighted by molar-refractivity contribution is 0.102. The molecule has 2 aromatic rings. The summed E-state index contributed by atoms with van der Waals surface area (Å²) in [5.74, 6) is 0.101. The normalized spacial score (nSPS) is 14.8. The molecule has 1 amide bonds. The molecule has 0 heterocycles. The molecule has 2 N–H and O–H groups in total. The molecule has 0 aromatic heterocycles. The van der Waals surface area contributed by atoms with Crippen molar-refractivity contribution in [3.8, 4) is 5.75 Å². The standard InChI is InChI=1S/C23H30N2O4S/c1-15(2)19-11-7-8-16(3)22(19)24-23(26)17-12-13-20(29-4)21(14-17)30(27,28)25-18-9-5-6-10-18/h7-8,11-15,18,25H,5-6,9-10H2,1-4H3,(H,24,26). The van der Waals surface area contributed by atoms with Gasteiger partial charge in [-0.2, -0.15) is 0 Å². The molecule has 1 saturated carbocycles. The number of sulfonamides is 1. The van der Waals surface area contributed by atoms with Gasteiger partial charge in [0.2, 0.25) is 10.0 Å². The number of methoxy groups -OCH3 is 1. The minimum absolute atomic E-state index is 0.0154. The first-order chi connectivity index (χ1) is 14.2. The Morgan fingerprint density at radius 3 is 2.47 bits per heavy atom. The van der Waals surface area contributed by atoms with E-state index in [9.17, 15) is 13.2 Å². The van der Waals surface area contributed by atoms with E-state index in [1.807, 2.05) is 25.1 Å². The first-order valence-corrected chi connectivity index (χ1v) is 11.8. The van der Waals surface area contributed by atoms with Crippen LogP contribution in [0.1, 0.15) is 66.9 Å². The van der Waals surface area contributed by atoms with E-state index in [2.05, 4.69) is 23.9 Å². The Morgan fingerprint density at radius 1 is 1.13 bits per heavy atom. The summed E-state index contributed by atoms with van der Waals surface area (Å²) in [4.78, 5) is 13.0. The van der Waals surface area contributed by atoms with Crippen LogP contribution in [0.15, 0.2) is 41.3 Å². The van der Waals surface area contributed by atoms with Crippen LogP contribution in [0, 0.1) is 6.92 Å². The van der Waals surface area contributed by atoms with Crippen molar-refractivity contribution < 1.29 is 17.9 Å². The average molecular weight is 431 g/mol. The highest BCUT2D eigenvalue weighted by atomic mass is 32.2. The number of aryl methyl sites for hydroxylation is 1. The van der Waals surface area contributed by atoms with Gasteiger partial charge >= 0.3 is 0 Å². The number of hydrogen-bond acceptors (Lipinski definition) is 4. The van der Waals surface area contributed by atoms with Gasteiger partial charge in [-0.15, -0.1) is 0 Å². The number of carbonyl (C=O) groups is 1. The third kappa shape index (κ3) is 4.84. The molecular weight excluding hydrogens is 400 g/mol. The Hall–Kier alpha value is -2.38. The van der Waals surface area contributed by atoms with E-state index in [4.69, 9.17) is 4.74 Å². The van der Waals surface area contributed by atoms with Gasteiger partial charge in [0.1, 0.15) is 10.6 Å². The third-order valence-electron chi connectivity index (χ3n) is 5.56. The molecule has 0 unspecified atom stereocenters. The Bertz CT molecular complexity index is 1030. The van der Waals surface area contributed by atoms with Crippen LogP contribution in [0.4, 0.5) is 5.69 Å². The fourth-order valence-electron chi connectivity index (χ4n) is 3.88. The Kier molecular flexibility index (Phi) is 6.83. The van der Waals surface area contributed by atoms with E-state index < -0.39 is 10.0 Å². The molecule has 0 bridgehead atoms. The second kappa shape index (κ2) is 9.18. The maximum absolute atomic E-state index is 13.0. The van der Waals surface area contributed by atoms with Crippen LogP contribution < -0.4 is 14.8 Å². The van der Waals surface area contributed by atoms with Gasteiger partial charge in [-0.1, -0.05) is 44.9 Å². The summed E-state index contributed by atoms with van der Waals surface area (Å²) in [6, 6.07) is 10.3. The monoisotopic (exact) mass is 430 g/mol. The van der Waals surface area contributed by atoms with E-state index in [0.717, 1.165) is 42.5 Å². The SMILES string of the molecule is COc1ccc(C(=O)Nc2c(C)cccc2C(C)C)cc1S(=O)(=O)NC1CCCC1. The summed E-state index contributed by atoms with van der Waals surface area (Å²) in [6.45, 7) is 6.07. The lowest BCUT2D eigenvalue weighted by Gasteiger charge is -2.18. The molecule has 1 fully saturated rings. The minimum atomic E-state index is -3.80. The summed E-state index contributed by atoms with van der Waals surface area (Å²) in [6.07, 6.45) is 3.68. The zero-order chi connectivity index (χ0) is 21.9. The molecule has 1 aliphatic rings. The number of para-hydroxylation sites is 1. The highest BCUT2D eigenvalue weighted by Crippen LogP contribution is 2.30. The smallest absolute Gasteiger partial charge is 0.255 e. The lowest BCUT2D eigenvalue weighted by atomic mass is 9.98. The van der Waals surface area contributed by atoms with Crippen LogP contribution in [-0.4, -0.2) is 27.5 Å². The van der Waals surface area contributed by atoms with Crippen molar-refractivity contribution in [2.24, 2.45) is 0 Å². The second-order valence-corrected chi connectivity index (χ2v) is 9.80. The van der Waals surface area contributed by atoms with Crippen LogP contribution in [0.25, 0.3) is 0 Å². The van der Waals surface area contributed by atoms with Crippen molar-refractivity contribution in [1.29, 1.82) is 0 Å². The van der Waals surface area contributed by atoms with Crippen molar-refractivity contribution in [1.82, 2.24) is 4.72 Å². The first-order valence-electron chi connectivity index (χ1n) is 10.3. The largest absolute Gasteiger partial charge is 0.495 e. The molecule has 0 saturated heterocycles. The topological polar surface area (TPSA) is 84.5 Å². The van der Waals surface area contributed by atoms with Gasteiger partial charge < -0.3 is 10.1 Å². The summed E-state index contributed by atoms with van der Waals surface area (Å²) >= 11 is 0. The van der Waals surface area contributed by atoms with Crippen LogP contribution in [0.5, 0.6) is 5.75 Å². The van der Waals surface area contributed by atoms with Crippen molar-refractivity contribution in [2.75, 3.05) is 12.4 Å². The van der Waals surface area contributed by atoms with Gasteiger partial charge in [0.15, 0.2) is 0 Å². The summed E-state index contributed by atoms with van der Waals surface area (Å²) in [5, 5.41) is 2.97. The van der Waals surface area contributed by atoms with Gasteiger partial charge in [-0.25, -0.2) is 13.1 Å². The van der Waals surface area contributed by atoms with Crippen LogP contribution in [0.2, 0.25) is 0 Å². The van der Waals surface area contributed by atoms with Gasteiger partial charge in [-0.3, -0.25) is 4.79 Å². The molecule has 162 valence electrons. The summed E-state index contributed by atoms with van der Waals surface area (Å²) < 4.78 is 34.0. The molecule has 1 aliphatic carbocycles. The fraction of sp³-hybridized carbons (Fsp3) is 0.435. The lowest BCUT2D eigenvalue weighted by Crippen LogP contribution is -2.33. The predicted octanol–water partition coefficient (Wildman–Crippen LogP) is 4.60. The van der Waals surface area contributed by atoms with Crippen molar-refractivity contribution in [3.05, 3.63) is 53.1 Å². The second-order valence-electron chi connectivity index (χ2n) is 8.12. The molecule has 2 aromatic carbocycles. The number of amides is 1. The molecule has 7 heteroatoms. The van der Waals surface area contributed by atoms with Gasteiger partial charge in [0.05, 0.1) is 7.11 Å². The Morgan fingerprint density at radius 2 is 1.83 bits per heavy atom. The first kappa shape index (κ1) is 22.3. The van der Waals surface area contributed by atoms with E-state index >= 15 is 0 Å². The van der Waals surface area contributed by atoms with E-state index in [0.29, 0.717) is 0 Å². The number of ether oxygens (including phenoxy) is 1. The molecule has 3 rings (SSSR count). The van der Waals surface area contributed by atoms with Gasteiger partial charge in [0.25, 0.3) is 5.91 Å². The third-order valence-corrected chi connectivity index (χ3v) is 7.10. The maximum Gasteiger partial charge on any atom is 0.255 e. The molecular formula is C23H30N2O4S. The zero-order valence-corrected chi connectivity index (χ0v) is 18.8. The van der Waals surface area contributed by atoms with E-state index in [1.54, 1.807) is 6.07 Å². The average Bonchev–Trinajstić information content (AvgIpc) is 3.21. The number of benzene rings is 2. The highest BCUT2D eigenvalue weighted by Gasteiger charge is 2.27. The Balaban J connectivity index is 1.92. The van der Waals surface area contributed by atoms with Crippen molar-refractivity contribution in [2.45, 2.75) is 63.3 Å². The van der Waals surface area contributed by atoms with Crippen molar-refractivity contribution in [3.63, 3.8) is 0 Å². The quantitative estimate of drug-likeness (QED) is 0.672. The van der Waals surface area contributed by atoms with Crippen LogP contribution in [-0.2, 0) is 10.0 Å². The predicted molar refractivity (Wildman–Crippen MR) is 119 cm³/mol. The molecule has 0 spiro atoms. The zero-order valence-electron chi connectivity index (χ0n) is 18.0. The number of nitrogens with one attached hydrogen (secondary N) is 2. The minimum Gasteiger partial charge on any atom is -0.495 e. The summed E-state index contributed by atoms with van der Waals surface area (Å²) in [5.41, 5.74) is 3.02. The van der Waals surface area contributed by atoms with Crippen molar-refractivity contribution >= 4 is 21.6 Å².